The first kappa shape index (κ1) is 14.2. The van der Waals surface area contributed by atoms with E-state index in [9.17, 15) is 4.79 Å². The van der Waals surface area contributed by atoms with Gasteiger partial charge in [0.15, 0.2) is 0 Å². The van der Waals surface area contributed by atoms with E-state index in [0.717, 1.165) is 12.1 Å². The summed E-state index contributed by atoms with van der Waals surface area (Å²) in [5.74, 6) is 0.0788. The van der Waals surface area contributed by atoms with Crippen LogP contribution in [0, 0.1) is 11.3 Å². The van der Waals surface area contributed by atoms with Gasteiger partial charge in [0.1, 0.15) is 0 Å². The molecule has 0 spiro atoms. The molecule has 0 bridgehead atoms. The second kappa shape index (κ2) is 7.46. The molecule has 0 saturated heterocycles. The van der Waals surface area contributed by atoms with Gasteiger partial charge in [-0.15, -0.1) is 0 Å². The zero-order chi connectivity index (χ0) is 13.4. The molecule has 1 amide bonds. The van der Waals surface area contributed by atoms with E-state index >= 15 is 0 Å². The van der Waals surface area contributed by atoms with Crippen molar-refractivity contribution in [2.24, 2.45) is 0 Å². The van der Waals surface area contributed by atoms with Crippen molar-refractivity contribution in [2.45, 2.75) is 19.9 Å². The van der Waals surface area contributed by atoms with Gasteiger partial charge in [-0.1, -0.05) is 12.1 Å². The Kier molecular flexibility index (Phi) is 5.89. The molecule has 18 heavy (non-hydrogen) atoms. The number of hydrogen-bond donors (Lipinski definition) is 1. The third-order valence-corrected chi connectivity index (χ3v) is 2.60. The smallest absolute Gasteiger partial charge is 0.221 e. The van der Waals surface area contributed by atoms with E-state index in [1.165, 1.54) is 0 Å². The molecule has 0 unspecified atom stereocenters. The van der Waals surface area contributed by atoms with Crippen molar-refractivity contribution in [2.75, 3.05) is 20.1 Å². The van der Waals surface area contributed by atoms with Crippen molar-refractivity contribution in [1.82, 2.24) is 10.2 Å². The van der Waals surface area contributed by atoms with Crippen LogP contribution in [0.1, 0.15) is 24.5 Å². The van der Waals surface area contributed by atoms with Crippen molar-refractivity contribution in [1.29, 1.82) is 5.26 Å². The number of nitrogens with zero attached hydrogens (tertiary/aromatic N) is 2. The van der Waals surface area contributed by atoms with Crippen molar-refractivity contribution in [3.05, 3.63) is 35.4 Å². The third kappa shape index (κ3) is 4.98. The highest BCUT2D eigenvalue weighted by Gasteiger charge is 2.04. The zero-order valence-corrected chi connectivity index (χ0v) is 10.9. The van der Waals surface area contributed by atoms with Crippen LogP contribution in [0.5, 0.6) is 0 Å². The SMILES string of the molecule is CCNC(=O)CCN(C)Cc1cccc(C#N)c1. The lowest BCUT2D eigenvalue weighted by Crippen LogP contribution is -2.28. The molecular weight excluding hydrogens is 226 g/mol. The number of carbonyl (C=O) groups is 1. The average Bonchev–Trinajstić information content (AvgIpc) is 2.37. The normalized spacial score (nSPS) is 10.1. The Labute approximate surface area is 108 Å². The molecule has 0 heterocycles. The van der Waals surface area contributed by atoms with Crippen LogP contribution in [0.2, 0.25) is 0 Å². The molecule has 0 aliphatic heterocycles. The summed E-state index contributed by atoms with van der Waals surface area (Å²) in [5, 5.41) is 11.6. The molecule has 1 aromatic rings. The van der Waals surface area contributed by atoms with Gasteiger partial charge in [0.25, 0.3) is 0 Å². The summed E-state index contributed by atoms with van der Waals surface area (Å²) in [6.45, 7) is 4.04. The maximum atomic E-state index is 11.3. The Morgan fingerprint density at radius 1 is 1.50 bits per heavy atom. The van der Waals surface area contributed by atoms with Crippen LogP contribution in [-0.2, 0) is 11.3 Å². The highest BCUT2D eigenvalue weighted by atomic mass is 16.1. The van der Waals surface area contributed by atoms with E-state index in [1.54, 1.807) is 6.07 Å². The summed E-state index contributed by atoms with van der Waals surface area (Å²) in [4.78, 5) is 13.4. The summed E-state index contributed by atoms with van der Waals surface area (Å²) in [6, 6.07) is 9.66. The molecule has 0 aliphatic carbocycles. The summed E-state index contributed by atoms with van der Waals surface area (Å²) >= 11 is 0. The molecule has 1 N–H and O–H groups in total. The number of rotatable bonds is 6. The molecule has 0 saturated carbocycles. The Morgan fingerprint density at radius 2 is 2.28 bits per heavy atom. The molecule has 96 valence electrons. The number of carbonyl (C=O) groups excluding carboxylic acids is 1. The largest absolute Gasteiger partial charge is 0.356 e. The molecule has 0 fully saturated rings. The lowest BCUT2D eigenvalue weighted by molar-refractivity contribution is -0.121. The van der Waals surface area contributed by atoms with E-state index in [2.05, 4.69) is 16.3 Å². The molecule has 0 radical (unpaired) electrons. The molecule has 0 atom stereocenters. The fraction of sp³-hybridized carbons (Fsp3) is 0.429. The molecule has 0 aliphatic rings. The van der Waals surface area contributed by atoms with E-state index < -0.39 is 0 Å². The Balaban J connectivity index is 2.42. The van der Waals surface area contributed by atoms with Crippen LogP contribution in [0.4, 0.5) is 0 Å². The molecule has 1 rings (SSSR count). The van der Waals surface area contributed by atoms with Gasteiger partial charge in [-0.25, -0.2) is 0 Å². The number of hydrogen-bond acceptors (Lipinski definition) is 3. The monoisotopic (exact) mass is 245 g/mol. The predicted octanol–water partition coefficient (Wildman–Crippen LogP) is 1.52. The Morgan fingerprint density at radius 3 is 2.94 bits per heavy atom. The maximum Gasteiger partial charge on any atom is 0.221 e. The first-order chi connectivity index (χ1) is 8.65. The zero-order valence-electron chi connectivity index (χ0n) is 10.9. The molecular formula is C14H19N3O. The maximum absolute atomic E-state index is 11.3. The van der Waals surface area contributed by atoms with E-state index in [1.807, 2.05) is 32.2 Å². The van der Waals surface area contributed by atoms with E-state index in [0.29, 0.717) is 25.1 Å². The predicted molar refractivity (Wildman–Crippen MR) is 70.8 cm³/mol. The van der Waals surface area contributed by atoms with Crippen LogP contribution in [0.3, 0.4) is 0 Å². The minimum Gasteiger partial charge on any atom is -0.356 e. The topological polar surface area (TPSA) is 56.1 Å². The first-order valence-electron chi connectivity index (χ1n) is 6.10. The van der Waals surface area contributed by atoms with Crippen molar-refractivity contribution in [3.8, 4) is 6.07 Å². The lowest BCUT2D eigenvalue weighted by Gasteiger charge is -2.16. The molecule has 0 aromatic heterocycles. The van der Waals surface area contributed by atoms with Crippen molar-refractivity contribution in [3.63, 3.8) is 0 Å². The summed E-state index contributed by atoms with van der Waals surface area (Å²) in [7, 11) is 1.97. The van der Waals surface area contributed by atoms with Crippen LogP contribution in [0.25, 0.3) is 0 Å². The molecule has 4 heteroatoms. The number of nitrogens with one attached hydrogen (secondary N) is 1. The highest BCUT2D eigenvalue weighted by molar-refractivity contribution is 5.75. The van der Waals surface area contributed by atoms with E-state index in [4.69, 9.17) is 5.26 Å². The van der Waals surface area contributed by atoms with Gasteiger partial charge in [-0.05, 0) is 31.7 Å². The second-order valence-corrected chi connectivity index (χ2v) is 4.25. The van der Waals surface area contributed by atoms with Crippen LogP contribution < -0.4 is 5.32 Å². The van der Waals surface area contributed by atoms with Gasteiger partial charge in [0.2, 0.25) is 5.91 Å². The average molecular weight is 245 g/mol. The first-order valence-corrected chi connectivity index (χ1v) is 6.10. The van der Waals surface area contributed by atoms with Gasteiger partial charge >= 0.3 is 0 Å². The fourth-order valence-corrected chi connectivity index (χ4v) is 1.71. The summed E-state index contributed by atoms with van der Waals surface area (Å²) < 4.78 is 0. The quantitative estimate of drug-likeness (QED) is 0.826. The van der Waals surface area contributed by atoms with Gasteiger partial charge in [0, 0.05) is 26.1 Å². The molecule has 1 aromatic carbocycles. The van der Waals surface area contributed by atoms with Gasteiger partial charge < -0.3 is 10.2 Å². The third-order valence-electron chi connectivity index (χ3n) is 2.60. The van der Waals surface area contributed by atoms with Gasteiger partial charge in [-0.3, -0.25) is 4.79 Å². The van der Waals surface area contributed by atoms with E-state index in [-0.39, 0.29) is 5.91 Å². The Hall–Kier alpha value is -1.86. The van der Waals surface area contributed by atoms with Crippen LogP contribution >= 0.6 is 0 Å². The Bertz CT molecular complexity index is 437. The van der Waals surface area contributed by atoms with Crippen LogP contribution in [-0.4, -0.2) is 30.9 Å². The number of amides is 1. The standard InChI is InChI=1S/C14H19N3O/c1-3-16-14(18)7-8-17(2)11-13-6-4-5-12(9-13)10-15/h4-6,9H,3,7-8,11H2,1-2H3,(H,16,18). The van der Waals surface area contributed by atoms with Gasteiger partial charge in [0.05, 0.1) is 11.6 Å². The fourth-order valence-electron chi connectivity index (χ4n) is 1.71. The van der Waals surface area contributed by atoms with Crippen LogP contribution in [0.15, 0.2) is 24.3 Å². The minimum absolute atomic E-state index is 0.0788. The highest BCUT2D eigenvalue weighted by Crippen LogP contribution is 2.06. The molecule has 4 nitrogen and oxygen atoms in total. The second-order valence-electron chi connectivity index (χ2n) is 4.25. The van der Waals surface area contributed by atoms with Crippen molar-refractivity contribution >= 4 is 5.91 Å². The summed E-state index contributed by atoms with van der Waals surface area (Å²) in [6.07, 6.45) is 0.502. The lowest BCUT2D eigenvalue weighted by atomic mass is 10.1. The minimum atomic E-state index is 0.0788. The number of nitriles is 1. The van der Waals surface area contributed by atoms with Gasteiger partial charge in [-0.2, -0.15) is 5.26 Å². The summed E-state index contributed by atoms with van der Waals surface area (Å²) in [5.41, 5.74) is 1.76. The van der Waals surface area contributed by atoms with Crippen molar-refractivity contribution < 1.29 is 4.79 Å². The number of benzene rings is 1.